The van der Waals surface area contributed by atoms with Crippen molar-refractivity contribution >= 4 is 0 Å². The van der Waals surface area contributed by atoms with Gasteiger partial charge in [0.05, 0.1) is 6.61 Å². The highest BCUT2D eigenvalue weighted by atomic mass is 16.7. The standard InChI is InChI=1S/C20H24N2O/c1-21-13-18-14-23-22(2)20(18)12-19(21)17-10-6-9-16(11-17)15-7-4-3-5-8-15/h3-11,18-20H,12-14H2,1-2H3/t18-,19-,20-/m0/s1. The van der Waals surface area contributed by atoms with Crippen molar-refractivity contribution in [3.63, 3.8) is 0 Å². The van der Waals surface area contributed by atoms with Crippen LogP contribution in [0.2, 0.25) is 0 Å². The van der Waals surface area contributed by atoms with E-state index >= 15 is 0 Å². The Labute approximate surface area is 138 Å². The largest absolute Gasteiger partial charge is 0.299 e. The van der Waals surface area contributed by atoms with Crippen LogP contribution < -0.4 is 0 Å². The van der Waals surface area contributed by atoms with Crippen LogP contribution in [-0.4, -0.2) is 43.3 Å². The molecule has 2 aromatic rings. The van der Waals surface area contributed by atoms with E-state index in [4.69, 9.17) is 4.84 Å². The van der Waals surface area contributed by atoms with Gasteiger partial charge in [0.15, 0.2) is 0 Å². The van der Waals surface area contributed by atoms with Crippen molar-refractivity contribution in [2.75, 3.05) is 27.2 Å². The molecule has 0 aromatic heterocycles. The van der Waals surface area contributed by atoms with Crippen LogP contribution in [0.4, 0.5) is 0 Å². The number of hydrogen-bond donors (Lipinski definition) is 0. The lowest BCUT2D eigenvalue weighted by Crippen LogP contribution is -2.45. The van der Waals surface area contributed by atoms with Crippen LogP contribution in [0.25, 0.3) is 11.1 Å². The van der Waals surface area contributed by atoms with E-state index < -0.39 is 0 Å². The fourth-order valence-electron chi connectivity index (χ4n) is 4.08. The van der Waals surface area contributed by atoms with Gasteiger partial charge < -0.3 is 0 Å². The maximum atomic E-state index is 5.73. The molecule has 3 nitrogen and oxygen atoms in total. The minimum absolute atomic E-state index is 0.462. The number of benzene rings is 2. The number of nitrogens with zero attached hydrogens (tertiary/aromatic N) is 2. The van der Waals surface area contributed by atoms with Crippen molar-refractivity contribution in [3.05, 3.63) is 60.2 Å². The maximum Gasteiger partial charge on any atom is 0.0741 e. The molecule has 2 heterocycles. The van der Waals surface area contributed by atoms with Crippen molar-refractivity contribution in [2.45, 2.75) is 18.5 Å². The molecule has 4 rings (SSSR count). The number of rotatable bonds is 2. The van der Waals surface area contributed by atoms with E-state index in [2.05, 4.69) is 78.7 Å². The molecule has 0 amide bonds. The summed E-state index contributed by atoms with van der Waals surface area (Å²) in [6.07, 6.45) is 1.13. The van der Waals surface area contributed by atoms with E-state index in [0.717, 1.165) is 19.6 Å². The van der Waals surface area contributed by atoms with Crippen molar-refractivity contribution in [1.82, 2.24) is 9.96 Å². The van der Waals surface area contributed by atoms with E-state index in [1.165, 1.54) is 16.7 Å². The van der Waals surface area contributed by atoms with E-state index in [-0.39, 0.29) is 0 Å². The number of likely N-dealkylation sites (tertiary alicyclic amines) is 1. The fourth-order valence-corrected chi connectivity index (χ4v) is 4.08. The van der Waals surface area contributed by atoms with Crippen LogP contribution in [0.5, 0.6) is 0 Å². The Bertz CT molecular complexity index is 672. The second-order valence-electron chi connectivity index (χ2n) is 6.85. The first-order valence-corrected chi connectivity index (χ1v) is 8.44. The predicted octanol–water partition coefficient (Wildman–Crippen LogP) is 3.59. The summed E-state index contributed by atoms with van der Waals surface area (Å²) >= 11 is 0. The Balaban J connectivity index is 1.62. The van der Waals surface area contributed by atoms with E-state index in [1.54, 1.807) is 0 Å². The fraction of sp³-hybridized carbons (Fsp3) is 0.400. The average molecular weight is 308 g/mol. The summed E-state index contributed by atoms with van der Waals surface area (Å²) in [7, 11) is 4.32. The summed E-state index contributed by atoms with van der Waals surface area (Å²) < 4.78 is 0. The summed E-state index contributed by atoms with van der Waals surface area (Å²) in [6, 6.07) is 20.6. The zero-order chi connectivity index (χ0) is 15.8. The van der Waals surface area contributed by atoms with Gasteiger partial charge in [-0.3, -0.25) is 9.74 Å². The van der Waals surface area contributed by atoms with Crippen LogP contribution in [0.3, 0.4) is 0 Å². The molecule has 0 radical (unpaired) electrons. The number of piperidine rings is 1. The van der Waals surface area contributed by atoms with Gasteiger partial charge in [-0.2, -0.15) is 5.06 Å². The monoisotopic (exact) mass is 308 g/mol. The normalized spacial score (nSPS) is 28.7. The molecule has 2 fully saturated rings. The quantitative estimate of drug-likeness (QED) is 0.843. The molecular formula is C20H24N2O. The minimum Gasteiger partial charge on any atom is -0.299 e. The van der Waals surface area contributed by atoms with Crippen molar-refractivity contribution in [2.24, 2.45) is 5.92 Å². The summed E-state index contributed by atoms with van der Waals surface area (Å²) in [4.78, 5) is 8.23. The van der Waals surface area contributed by atoms with Gasteiger partial charge >= 0.3 is 0 Å². The lowest BCUT2D eigenvalue weighted by atomic mass is 9.85. The van der Waals surface area contributed by atoms with Crippen molar-refractivity contribution in [3.8, 4) is 11.1 Å². The third-order valence-corrected chi connectivity index (χ3v) is 5.40. The second kappa shape index (κ2) is 6.08. The minimum atomic E-state index is 0.462. The highest BCUT2D eigenvalue weighted by Gasteiger charge is 2.41. The molecule has 0 N–H and O–H groups in total. The van der Waals surface area contributed by atoms with Gasteiger partial charge in [0.25, 0.3) is 0 Å². The zero-order valence-corrected chi connectivity index (χ0v) is 13.9. The Morgan fingerprint density at radius 3 is 2.57 bits per heavy atom. The highest BCUT2D eigenvalue weighted by Crippen LogP contribution is 2.38. The number of hydroxylamine groups is 2. The number of fused-ring (bicyclic) bond motifs is 1. The Morgan fingerprint density at radius 2 is 1.74 bits per heavy atom. The molecule has 0 bridgehead atoms. The summed E-state index contributed by atoms with van der Waals surface area (Å²) in [6.45, 7) is 1.97. The predicted molar refractivity (Wildman–Crippen MR) is 92.9 cm³/mol. The molecule has 2 aliphatic heterocycles. The molecule has 2 aliphatic rings. The molecule has 120 valence electrons. The third-order valence-electron chi connectivity index (χ3n) is 5.40. The Hall–Kier alpha value is -1.68. The van der Waals surface area contributed by atoms with Crippen LogP contribution in [0.1, 0.15) is 18.0 Å². The molecule has 3 heteroatoms. The Morgan fingerprint density at radius 1 is 0.957 bits per heavy atom. The third kappa shape index (κ3) is 2.80. The van der Waals surface area contributed by atoms with Gasteiger partial charge in [0, 0.05) is 31.6 Å². The first-order chi connectivity index (χ1) is 11.2. The summed E-state index contributed by atoms with van der Waals surface area (Å²) in [5.41, 5.74) is 3.99. The molecule has 2 saturated heterocycles. The van der Waals surface area contributed by atoms with Gasteiger partial charge in [-0.25, -0.2) is 0 Å². The Kier molecular flexibility index (Phi) is 3.93. The molecule has 0 saturated carbocycles. The second-order valence-corrected chi connectivity index (χ2v) is 6.85. The summed E-state index contributed by atoms with van der Waals surface area (Å²) in [5.74, 6) is 0.638. The lowest BCUT2D eigenvalue weighted by Gasteiger charge is -2.40. The van der Waals surface area contributed by atoms with Crippen molar-refractivity contribution in [1.29, 1.82) is 0 Å². The van der Waals surface area contributed by atoms with Crippen LogP contribution in [0, 0.1) is 5.92 Å². The lowest BCUT2D eigenvalue weighted by molar-refractivity contribution is -0.114. The average Bonchev–Trinajstić information content (AvgIpc) is 2.95. The van der Waals surface area contributed by atoms with Gasteiger partial charge in [0.2, 0.25) is 0 Å². The van der Waals surface area contributed by atoms with Gasteiger partial charge in [0.1, 0.15) is 0 Å². The van der Waals surface area contributed by atoms with Crippen molar-refractivity contribution < 1.29 is 4.84 Å². The first-order valence-electron chi connectivity index (χ1n) is 8.44. The van der Waals surface area contributed by atoms with E-state index in [1.807, 2.05) is 0 Å². The van der Waals surface area contributed by atoms with E-state index in [0.29, 0.717) is 18.0 Å². The molecular weight excluding hydrogens is 284 g/mol. The molecule has 3 atom stereocenters. The molecule has 23 heavy (non-hydrogen) atoms. The molecule has 0 spiro atoms. The summed E-state index contributed by atoms with van der Waals surface area (Å²) in [5, 5.41) is 2.08. The van der Waals surface area contributed by atoms with Gasteiger partial charge in [-0.1, -0.05) is 48.5 Å². The van der Waals surface area contributed by atoms with Crippen LogP contribution >= 0.6 is 0 Å². The van der Waals surface area contributed by atoms with Gasteiger partial charge in [-0.15, -0.1) is 0 Å². The van der Waals surface area contributed by atoms with E-state index in [9.17, 15) is 0 Å². The molecule has 2 aromatic carbocycles. The SMILES string of the molecule is CN1C[C@H]2CON(C)[C@H]2C[C@H]1c1cccc(-c2ccccc2)c1. The smallest absolute Gasteiger partial charge is 0.0741 e. The topological polar surface area (TPSA) is 15.7 Å². The molecule has 0 unspecified atom stereocenters. The number of hydrogen-bond acceptors (Lipinski definition) is 3. The zero-order valence-electron chi connectivity index (χ0n) is 13.9. The highest BCUT2D eigenvalue weighted by molar-refractivity contribution is 5.64. The maximum absolute atomic E-state index is 5.73. The van der Waals surface area contributed by atoms with Crippen LogP contribution in [-0.2, 0) is 4.84 Å². The van der Waals surface area contributed by atoms with Crippen LogP contribution in [0.15, 0.2) is 54.6 Å². The first kappa shape index (κ1) is 14.9. The van der Waals surface area contributed by atoms with Gasteiger partial charge in [-0.05, 0) is 36.2 Å². The molecule has 0 aliphatic carbocycles.